The fourth-order valence-electron chi connectivity index (χ4n) is 11.4. The van der Waals surface area contributed by atoms with E-state index in [1.165, 1.54) is 31.2 Å². The van der Waals surface area contributed by atoms with Crippen LogP contribution in [0.4, 0.5) is 0 Å². The molecule has 1 fully saturated rings. The van der Waals surface area contributed by atoms with E-state index in [-0.39, 0.29) is 182 Å². The van der Waals surface area contributed by atoms with Gasteiger partial charge in [0.1, 0.15) is 42.3 Å². The molecule has 2 aromatic heterocycles. The maximum atomic E-state index is 14.3. The molecule has 7 atom stereocenters. The van der Waals surface area contributed by atoms with E-state index in [4.69, 9.17) is 30.4 Å². The number of carbonyl (C=O) groups is 14. The fourth-order valence-corrected chi connectivity index (χ4v) is 11.8. The van der Waals surface area contributed by atoms with E-state index in [9.17, 15) is 82.4 Å². The summed E-state index contributed by atoms with van der Waals surface area (Å²) in [5, 5.41) is 52.8. The molecule has 110 heavy (non-hydrogen) atoms. The number of fused-ring (bicyclic) bond motifs is 1. The summed E-state index contributed by atoms with van der Waals surface area (Å²) >= 11 is 1.46. The number of ether oxygens (including phenoxy) is 4. The van der Waals surface area contributed by atoms with Gasteiger partial charge in [-0.05, 0) is 61.7 Å². The van der Waals surface area contributed by atoms with Crippen LogP contribution in [-0.4, -0.2) is 332 Å². The molecule has 0 radical (unpaired) electrons. The summed E-state index contributed by atoms with van der Waals surface area (Å²) in [7, 11) is 0. The van der Waals surface area contributed by atoms with E-state index >= 15 is 0 Å². The molecular formula is C70H112N18O21S. The molecule has 0 bridgehead atoms. The Bertz CT molecular complexity index is 3410. The standard InChI is InChI=1S/C70H112N18O21S/c1-44(2)33-53(68(103)81-51(64(72)99)14-32-110-6)82-69(104)55(35-48-37-73-43-77-48)80-58(91)38-76-70(105)63(45(3)4)84-65(100)46(5)78-67(102)54(34-47-36-75-50-10-8-7-9-49(47)50)83-66(101)52(11-12-56(71)89)79-57(90)13-24-106-26-28-108-30-31-109-29-27-107-25-15-74-59(92)39-85-16-18-86(40-60(93)94)20-22-88(42-62(97)98)23-21-87(19-17-85)41-61(95)96/h7-10,36-37,43-46,51-55,63,75H,11-35,38-42H2,1-6H3,(H2,71,89)(H2,72,99)(H,73,77)(H,74,92)(H,76,105)(H,78,102)(H,79,90)(H,80,91)(H,81,103)(H,82,104)(H,83,101)(H,84,100)(H,93,94)(H,95,96)(H,97,98)/t46-,51-,52-,53-,54-,55-,63-/m0/s1. The van der Waals surface area contributed by atoms with E-state index in [0.29, 0.717) is 35.5 Å². The molecule has 0 unspecified atom stereocenters. The lowest BCUT2D eigenvalue weighted by atomic mass is 10.0. The number of nitrogens with one attached hydrogen (secondary N) is 11. The minimum atomic E-state index is -1.40. The number of thioether (sulfide) groups is 1. The third-order valence-corrected chi connectivity index (χ3v) is 17.9. The number of aliphatic carboxylic acids is 3. The number of H-pyrrole nitrogens is 2. The van der Waals surface area contributed by atoms with Gasteiger partial charge >= 0.3 is 17.9 Å². The number of carboxylic acid groups (broad SMARTS) is 3. The second kappa shape index (κ2) is 51.1. The number of amides is 11. The highest BCUT2D eigenvalue weighted by Gasteiger charge is 2.34. The lowest BCUT2D eigenvalue weighted by Crippen LogP contribution is -2.59. The van der Waals surface area contributed by atoms with Gasteiger partial charge in [-0.1, -0.05) is 45.9 Å². The van der Waals surface area contributed by atoms with Crippen molar-refractivity contribution in [2.45, 2.75) is 122 Å². The monoisotopic (exact) mass is 1570 g/mol. The minimum Gasteiger partial charge on any atom is -0.480 e. The van der Waals surface area contributed by atoms with Gasteiger partial charge in [-0.25, -0.2) is 4.98 Å². The number of carbonyl (C=O) groups excluding carboxylic acids is 11. The highest BCUT2D eigenvalue weighted by atomic mass is 32.2. The second-order valence-corrected chi connectivity index (χ2v) is 28.1. The van der Waals surface area contributed by atoms with Crippen LogP contribution < -0.4 is 59.3 Å². The Morgan fingerprint density at radius 1 is 0.518 bits per heavy atom. The maximum absolute atomic E-state index is 14.3. The molecule has 1 saturated heterocycles. The normalized spacial score (nSPS) is 15.4. The molecule has 11 amide bonds. The number of imidazole rings is 1. The maximum Gasteiger partial charge on any atom is 0.317 e. The van der Waals surface area contributed by atoms with Gasteiger partial charge in [0.05, 0.1) is 91.9 Å². The Morgan fingerprint density at radius 2 is 1.02 bits per heavy atom. The van der Waals surface area contributed by atoms with E-state index < -0.39 is 132 Å². The van der Waals surface area contributed by atoms with Gasteiger partial charge in [0.15, 0.2) is 0 Å². The highest BCUT2D eigenvalue weighted by molar-refractivity contribution is 7.98. The van der Waals surface area contributed by atoms with Crippen molar-refractivity contribution >= 4 is 106 Å². The largest absolute Gasteiger partial charge is 0.480 e. The first-order valence-electron chi connectivity index (χ1n) is 36.5. The number of hydrogen-bond donors (Lipinski definition) is 16. The van der Waals surface area contributed by atoms with Crippen molar-refractivity contribution in [3.8, 4) is 0 Å². The average Bonchev–Trinajstić information content (AvgIpc) is 1.68. The van der Waals surface area contributed by atoms with Crippen LogP contribution in [0.2, 0.25) is 0 Å². The zero-order valence-electron chi connectivity index (χ0n) is 63.4. The molecule has 0 spiro atoms. The van der Waals surface area contributed by atoms with Crippen molar-refractivity contribution < 1.29 is 101 Å². The number of benzene rings is 1. The van der Waals surface area contributed by atoms with Gasteiger partial charge in [-0.15, -0.1) is 0 Å². The zero-order valence-corrected chi connectivity index (χ0v) is 64.3. The van der Waals surface area contributed by atoms with Crippen LogP contribution in [0.25, 0.3) is 10.9 Å². The molecule has 39 nitrogen and oxygen atoms in total. The van der Waals surface area contributed by atoms with Crippen LogP contribution in [0.1, 0.15) is 78.0 Å². The molecule has 0 aliphatic carbocycles. The van der Waals surface area contributed by atoms with Crippen LogP contribution in [0.5, 0.6) is 0 Å². The number of aromatic amines is 2. The number of para-hydroxylation sites is 1. The summed E-state index contributed by atoms with van der Waals surface area (Å²) in [6, 6.07) is -1.65. The quantitative estimate of drug-likeness (QED) is 0.0237. The topological polar surface area (TPSA) is 554 Å². The first kappa shape index (κ1) is 93.0. The summed E-state index contributed by atoms with van der Waals surface area (Å²) in [6.07, 6.45) is 5.67. The smallest absolute Gasteiger partial charge is 0.317 e. The molecule has 1 aliphatic heterocycles. The third kappa shape index (κ3) is 37.8. The van der Waals surface area contributed by atoms with Crippen molar-refractivity contribution in [2.75, 3.05) is 156 Å². The van der Waals surface area contributed by atoms with Crippen LogP contribution in [0.3, 0.4) is 0 Å². The number of rotatable bonds is 52. The second-order valence-electron chi connectivity index (χ2n) is 27.1. The highest BCUT2D eigenvalue weighted by Crippen LogP contribution is 2.20. The Hall–Kier alpha value is -9.42. The molecule has 0 saturated carbocycles. The molecular weight excluding hydrogens is 1460 g/mol. The van der Waals surface area contributed by atoms with Crippen molar-refractivity contribution in [1.82, 2.24) is 82.4 Å². The predicted molar refractivity (Wildman–Crippen MR) is 401 cm³/mol. The molecule has 1 aromatic carbocycles. The number of carboxylic acids is 3. The Balaban J connectivity index is 1.24. The van der Waals surface area contributed by atoms with Crippen LogP contribution in [-0.2, 0) is 98.9 Å². The van der Waals surface area contributed by atoms with Crippen molar-refractivity contribution in [1.29, 1.82) is 0 Å². The lowest BCUT2D eigenvalue weighted by Gasteiger charge is -2.32. The van der Waals surface area contributed by atoms with Gasteiger partial charge in [0.25, 0.3) is 0 Å². The summed E-state index contributed by atoms with van der Waals surface area (Å²) in [5.41, 5.74) is 12.8. The van der Waals surface area contributed by atoms with Crippen LogP contribution in [0, 0.1) is 11.8 Å². The van der Waals surface area contributed by atoms with Gasteiger partial charge < -0.3 is 104 Å². The summed E-state index contributed by atoms with van der Waals surface area (Å²) in [4.78, 5) is 199. The summed E-state index contributed by atoms with van der Waals surface area (Å²) in [5.74, 6) is -11.4. The van der Waals surface area contributed by atoms with Gasteiger partial charge in [0, 0.05) is 114 Å². The average molecular weight is 1570 g/mol. The van der Waals surface area contributed by atoms with Gasteiger partial charge in [0.2, 0.25) is 65.0 Å². The number of nitrogens with two attached hydrogens (primary N) is 2. The summed E-state index contributed by atoms with van der Waals surface area (Å²) in [6.45, 7) is 10.1. The van der Waals surface area contributed by atoms with E-state index in [0.717, 1.165) is 5.52 Å². The van der Waals surface area contributed by atoms with Gasteiger partial charge in [-0.3, -0.25) is 86.7 Å². The predicted octanol–water partition coefficient (Wildman–Crippen LogP) is -4.54. The molecule has 3 aromatic rings. The van der Waals surface area contributed by atoms with Gasteiger partial charge in [-0.2, -0.15) is 11.8 Å². The fraction of sp³-hybridized carbons (Fsp3) is 0.643. The molecule has 3 heterocycles. The SMILES string of the molecule is CSCC[C@H](NC(=O)[C@H](CC(C)C)NC(=O)[C@H](Cc1cnc[nH]1)NC(=O)CNC(=O)[C@@H](NC(=O)[C@H](C)NC(=O)[C@H](Cc1c[nH]c2ccccc12)NC(=O)[C@H](CCC(N)=O)NC(=O)CCOCCOCCOCCOCCNC(=O)CN1CCN(CC(=O)O)CCN(CC(=O)O)CCN(CC(=O)O)CC1)C(C)C)C(N)=O. The number of aromatic nitrogens is 3. The first-order chi connectivity index (χ1) is 52.4. The third-order valence-electron chi connectivity index (χ3n) is 17.3. The molecule has 614 valence electrons. The molecule has 1 aliphatic rings. The number of hydrogen-bond acceptors (Lipinski definition) is 24. The molecule has 18 N–H and O–H groups in total. The van der Waals surface area contributed by atoms with E-state index in [2.05, 4.69) is 62.8 Å². The van der Waals surface area contributed by atoms with E-state index in [1.54, 1.807) is 59.0 Å². The molecule has 4 rings (SSSR count). The van der Waals surface area contributed by atoms with Crippen molar-refractivity contribution in [3.05, 3.63) is 54.2 Å². The molecule has 40 heteroatoms. The first-order valence-corrected chi connectivity index (χ1v) is 37.9. The zero-order chi connectivity index (χ0) is 81.1. The Morgan fingerprint density at radius 3 is 1.55 bits per heavy atom. The minimum absolute atomic E-state index is 0.0441. The van der Waals surface area contributed by atoms with Crippen molar-refractivity contribution in [2.24, 2.45) is 23.3 Å². The lowest BCUT2D eigenvalue weighted by molar-refractivity contribution is -0.140. The Kier molecular flexibility index (Phi) is 43.2. The summed E-state index contributed by atoms with van der Waals surface area (Å²) < 4.78 is 22.3. The van der Waals surface area contributed by atoms with Crippen LogP contribution >= 0.6 is 11.8 Å². The number of primary amides is 2. The van der Waals surface area contributed by atoms with Crippen LogP contribution in [0.15, 0.2) is 43.0 Å². The Labute approximate surface area is 642 Å². The van der Waals surface area contributed by atoms with Crippen molar-refractivity contribution in [3.63, 3.8) is 0 Å². The van der Waals surface area contributed by atoms with E-state index in [1.807, 2.05) is 25.0 Å². The number of nitrogens with zero attached hydrogens (tertiary/aromatic N) is 5.